The molecule has 2 amide bonds. The van der Waals surface area contributed by atoms with Crippen molar-refractivity contribution in [2.45, 2.75) is 53.4 Å². The highest BCUT2D eigenvalue weighted by Crippen LogP contribution is 2.26. The van der Waals surface area contributed by atoms with Crippen LogP contribution in [0.25, 0.3) is 0 Å². The molecule has 1 aliphatic heterocycles. The van der Waals surface area contributed by atoms with E-state index in [-0.39, 0.29) is 11.4 Å². The fourth-order valence-electron chi connectivity index (χ4n) is 2.41. The van der Waals surface area contributed by atoms with Crippen LogP contribution in [0.4, 0.5) is 4.79 Å². The maximum Gasteiger partial charge on any atom is 0.317 e. The Balaban J connectivity index is 2.23. The third-order valence-electron chi connectivity index (χ3n) is 3.45. The summed E-state index contributed by atoms with van der Waals surface area (Å²) in [6, 6.07) is 0.111. The number of nitrogens with one attached hydrogen (secondary N) is 1. The Morgan fingerprint density at radius 3 is 2.59 bits per heavy atom. The molecule has 1 heterocycles. The van der Waals surface area contributed by atoms with Crippen molar-refractivity contribution in [1.82, 2.24) is 10.2 Å². The fourth-order valence-corrected chi connectivity index (χ4v) is 2.41. The number of unbranched alkanes of at least 4 members (excludes halogenated alkanes) is 1. The van der Waals surface area contributed by atoms with Gasteiger partial charge in [0.25, 0.3) is 0 Å². The van der Waals surface area contributed by atoms with Crippen molar-refractivity contribution >= 4 is 6.03 Å². The van der Waals surface area contributed by atoms with E-state index in [9.17, 15) is 4.79 Å². The first kappa shape index (κ1) is 14.3. The molecule has 100 valence electrons. The summed E-state index contributed by atoms with van der Waals surface area (Å²) in [6.07, 6.45) is 5.12. The summed E-state index contributed by atoms with van der Waals surface area (Å²) in [5.74, 6) is 0.808. The van der Waals surface area contributed by atoms with Gasteiger partial charge in [0, 0.05) is 19.6 Å². The second kappa shape index (κ2) is 6.27. The number of nitrogens with zero attached hydrogens (tertiary/aromatic N) is 1. The molecule has 0 aromatic rings. The van der Waals surface area contributed by atoms with E-state index in [2.05, 4.69) is 33.0 Å². The number of rotatable bonds is 7. The third kappa shape index (κ3) is 5.42. The number of hydrogen-bond donors (Lipinski definition) is 1. The number of urea groups is 1. The van der Waals surface area contributed by atoms with Crippen LogP contribution < -0.4 is 5.32 Å². The molecule has 0 aromatic heterocycles. The van der Waals surface area contributed by atoms with Gasteiger partial charge in [-0.15, -0.1) is 0 Å². The van der Waals surface area contributed by atoms with Crippen LogP contribution in [0.2, 0.25) is 0 Å². The molecular formula is C14H28N2O. The van der Waals surface area contributed by atoms with Gasteiger partial charge in [0.2, 0.25) is 0 Å². The van der Waals surface area contributed by atoms with E-state index in [0.717, 1.165) is 25.6 Å². The lowest BCUT2D eigenvalue weighted by atomic mass is 9.86. The Kier molecular flexibility index (Phi) is 5.29. The summed E-state index contributed by atoms with van der Waals surface area (Å²) in [4.78, 5) is 13.4. The van der Waals surface area contributed by atoms with Gasteiger partial charge in [-0.1, -0.05) is 47.0 Å². The minimum absolute atomic E-state index is 0.111. The number of amides is 2. The van der Waals surface area contributed by atoms with Crippen LogP contribution in [0.3, 0.4) is 0 Å². The van der Waals surface area contributed by atoms with E-state index in [4.69, 9.17) is 0 Å². The predicted octanol–water partition coefficient (Wildman–Crippen LogP) is 3.25. The SMILES string of the molecule is CC(C)CCCCC(C)(C)CN1CCNC1=O. The van der Waals surface area contributed by atoms with Crippen LogP contribution in [0.5, 0.6) is 0 Å². The predicted molar refractivity (Wildman–Crippen MR) is 72.1 cm³/mol. The molecule has 1 saturated heterocycles. The van der Waals surface area contributed by atoms with E-state index in [1.54, 1.807) is 0 Å². The lowest BCUT2D eigenvalue weighted by Gasteiger charge is -2.29. The van der Waals surface area contributed by atoms with Crippen LogP contribution in [-0.2, 0) is 0 Å². The zero-order chi connectivity index (χ0) is 12.9. The molecule has 17 heavy (non-hydrogen) atoms. The van der Waals surface area contributed by atoms with Crippen molar-refractivity contribution in [2.24, 2.45) is 11.3 Å². The molecule has 1 fully saturated rings. The van der Waals surface area contributed by atoms with Crippen LogP contribution in [0.1, 0.15) is 53.4 Å². The van der Waals surface area contributed by atoms with Crippen molar-refractivity contribution in [2.75, 3.05) is 19.6 Å². The Bertz CT molecular complexity index is 249. The molecule has 1 N–H and O–H groups in total. The van der Waals surface area contributed by atoms with Gasteiger partial charge in [0.15, 0.2) is 0 Å². The quantitative estimate of drug-likeness (QED) is 0.681. The first-order valence-corrected chi connectivity index (χ1v) is 6.93. The van der Waals surface area contributed by atoms with E-state index in [0.29, 0.717) is 0 Å². The summed E-state index contributed by atoms with van der Waals surface area (Å²) >= 11 is 0. The van der Waals surface area contributed by atoms with Gasteiger partial charge < -0.3 is 10.2 Å². The molecule has 0 bridgehead atoms. The van der Waals surface area contributed by atoms with Gasteiger partial charge in [0.1, 0.15) is 0 Å². The van der Waals surface area contributed by atoms with Crippen molar-refractivity contribution in [3.63, 3.8) is 0 Å². The average molecular weight is 240 g/mol. The first-order chi connectivity index (χ1) is 7.91. The summed E-state index contributed by atoms with van der Waals surface area (Å²) in [5.41, 5.74) is 0.249. The largest absolute Gasteiger partial charge is 0.336 e. The van der Waals surface area contributed by atoms with Gasteiger partial charge in [-0.25, -0.2) is 4.79 Å². The molecular weight excluding hydrogens is 212 g/mol. The smallest absolute Gasteiger partial charge is 0.317 e. The molecule has 1 rings (SSSR count). The minimum atomic E-state index is 0.111. The second-order valence-corrected chi connectivity index (χ2v) is 6.46. The summed E-state index contributed by atoms with van der Waals surface area (Å²) in [7, 11) is 0. The Hall–Kier alpha value is -0.730. The van der Waals surface area contributed by atoms with Gasteiger partial charge in [-0.05, 0) is 17.8 Å². The number of hydrogen-bond acceptors (Lipinski definition) is 1. The van der Waals surface area contributed by atoms with Crippen LogP contribution in [0, 0.1) is 11.3 Å². The highest BCUT2D eigenvalue weighted by Gasteiger charge is 2.27. The summed E-state index contributed by atoms with van der Waals surface area (Å²) in [6.45, 7) is 11.7. The maximum atomic E-state index is 11.5. The molecule has 3 heteroatoms. The number of carbonyl (C=O) groups is 1. The number of carbonyl (C=O) groups excluding carboxylic acids is 1. The standard InChI is InChI=1S/C14H28N2O/c1-12(2)7-5-6-8-14(3,4)11-16-10-9-15-13(16)17/h12H,5-11H2,1-4H3,(H,15,17). The van der Waals surface area contributed by atoms with Crippen molar-refractivity contribution in [3.05, 3.63) is 0 Å². The Morgan fingerprint density at radius 2 is 2.06 bits per heavy atom. The Morgan fingerprint density at radius 1 is 1.35 bits per heavy atom. The molecule has 0 saturated carbocycles. The van der Waals surface area contributed by atoms with Gasteiger partial charge in [0.05, 0.1) is 0 Å². The van der Waals surface area contributed by atoms with Crippen molar-refractivity contribution in [1.29, 1.82) is 0 Å². The first-order valence-electron chi connectivity index (χ1n) is 6.93. The molecule has 0 unspecified atom stereocenters. The summed E-state index contributed by atoms with van der Waals surface area (Å²) in [5, 5.41) is 2.86. The average Bonchev–Trinajstić information content (AvgIpc) is 2.58. The molecule has 3 nitrogen and oxygen atoms in total. The highest BCUT2D eigenvalue weighted by atomic mass is 16.2. The van der Waals surface area contributed by atoms with Gasteiger partial charge in [-0.3, -0.25) is 0 Å². The van der Waals surface area contributed by atoms with E-state index >= 15 is 0 Å². The van der Waals surface area contributed by atoms with E-state index < -0.39 is 0 Å². The highest BCUT2D eigenvalue weighted by molar-refractivity contribution is 5.76. The topological polar surface area (TPSA) is 32.3 Å². The lowest BCUT2D eigenvalue weighted by molar-refractivity contribution is 0.181. The third-order valence-corrected chi connectivity index (χ3v) is 3.45. The van der Waals surface area contributed by atoms with Crippen molar-refractivity contribution in [3.8, 4) is 0 Å². The molecule has 0 radical (unpaired) electrons. The Labute approximate surface area is 106 Å². The van der Waals surface area contributed by atoms with Crippen LogP contribution in [-0.4, -0.2) is 30.6 Å². The zero-order valence-electron chi connectivity index (χ0n) is 11.9. The van der Waals surface area contributed by atoms with Crippen LogP contribution >= 0.6 is 0 Å². The van der Waals surface area contributed by atoms with E-state index in [1.807, 2.05) is 4.90 Å². The monoisotopic (exact) mass is 240 g/mol. The fraction of sp³-hybridized carbons (Fsp3) is 0.929. The molecule has 1 aliphatic rings. The molecule has 0 aromatic carbocycles. The van der Waals surface area contributed by atoms with E-state index in [1.165, 1.54) is 25.7 Å². The zero-order valence-corrected chi connectivity index (χ0v) is 11.9. The molecule has 0 aliphatic carbocycles. The van der Waals surface area contributed by atoms with Crippen molar-refractivity contribution < 1.29 is 4.79 Å². The normalized spacial score (nSPS) is 16.8. The molecule has 0 atom stereocenters. The van der Waals surface area contributed by atoms with Gasteiger partial charge >= 0.3 is 6.03 Å². The second-order valence-electron chi connectivity index (χ2n) is 6.46. The maximum absolute atomic E-state index is 11.5. The lowest BCUT2D eigenvalue weighted by Crippen LogP contribution is -2.36. The minimum Gasteiger partial charge on any atom is -0.336 e. The summed E-state index contributed by atoms with van der Waals surface area (Å²) < 4.78 is 0. The van der Waals surface area contributed by atoms with Gasteiger partial charge in [-0.2, -0.15) is 0 Å². The molecule has 0 spiro atoms. The van der Waals surface area contributed by atoms with Crippen LogP contribution in [0.15, 0.2) is 0 Å².